The van der Waals surface area contributed by atoms with Gasteiger partial charge in [-0.05, 0) is 158 Å². The molecule has 0 atom stereocenters. The number of nitrogens with one attached hydrogen (secondary N) is 2. The maximum absolute atomic E-state index is 13.3. The summed E-state index contributed by atoms with van der Waals surface area (Å²) in [6.07, 6.45) is 5.46. The fourth-order valence-corrected chi connectivity index (χ4v) is 9.20. The van der Waals surface area contributed by atoms with E-state index in [1.807, 2.05) is 50.2 Å². The number of hydrogen-bond acceptors (Lipinski definition) is 10. The molecular formula is C52H56F2N2O10. The van der Waals surface area contributed by atoms with Crippen LogP contribution in [0.3, 0.4) is 0 Å². The molecular weight excluding hydrogens is 851 g/mol. The van der Waals surface area contributed by atoms with Gasteiger partial charge in [-0.3, -0.25) is 24.0 Å². The van der Waals surface area contributed by atoms with Crippen molar-refractivity contribution in [2.75, 3.05) is 13.2 Å². The lowest BCUT2D eigenvalue weighted by Gasteiger charge is -2.37. The minimum absolute atomic E-state index is 0.105. The topological polar surface area (TPSA) is 189 Å². The SMILES string of the molecule is CC(=O)OC(C)=O.CC(=O)OC1=C(c2cc(-c3ccc(F)cc3)ccc2C)C(=O)NC12CCC(CO)CC2.Cc1ccc(-c2ccc(F)cc2)cc1C1=C(O)C2(CCC(CO)CC2)NC1=O. The standard InChI is InChI=1S/C25H26FNO4.C23H24FNO3.C4H6O3/c1-15-3-4-19(18-5-7-20(26)8-6-18)13-21(15)22-23(31-16(2)29)25(27-24(22)30)11-9-17(14-28)10-12-25;1-14-2-3-17(16-4-6-18(24)7-5-16)12-19(14)20-21(27)23(25-22(20)28)10-8-15(13-26)9-11-23;1-3(5)7-4(2)6/h3-8,13,17,28H,9-12,14H2,1-2H3,(H,27,30);2-7,12,15,26-27H,8-11,13H2,1H3,(H,25,28);1-2H3. The van der Waals surface area contributed by atoms with Crippen LogP contribution in [-0.2, 0) is 33.4 Å². The molecule has 2 aliphatic carbocycles. The lowest BCUT2D eigenvalue weighted by atomic mass is 9.75. The van der Waals surface area contributed by atoms with Gasteiger partial charge in [0, 0.05) is 34.0 Å². The number of carbonyl (C=O) groups excluding carboxylic acids is 5. The van der Waals surface area contributed by atoms with Crippen LogP contribution >= 0.6 is 0 Å². The number of halogens is 2. The average Bonchev–Trinajstić information content (AvgIpc) is 3.67. The molecule has 4 aromatic rings. The van der Waals surface area contributed by atoms with Crippen LogP contribution in [0.25, 0.3) is 33.4 Å². The summed E-state index contributed by atoms with van der Waals surface area (Å²) in [6.45, 7) is 7.77. The maximum Gasteiger partial charge on any atom is 0.310 e. The molecule has 4 aromatic carbocycles. The number of aliphatic hydroxyl groups is 3. The van der Waals surface area contributed by atoms with E-state index in [1.165, 1.54) is 45.0 Å². The van der Waals surface area contributed by atoms with E-state index in [0.29, 0.717) is 53.7 Å². The Balaban J connectivity index is 0.000000192. The van der Waals surface area contributed by atoms with Crippen LogP contribution in [0.4, 0.5) is 8.78 Å². The van der Waals surface area contributed by atoms with Gasteiger partial charge in [0.05, 0.1) is 22.2 Å². The van der Waals surface area contributed by atoms with Gasteiger partial charge in [0.15, 0.2) is 0 Å². The summed E-state index contributed by atoms with van der Waals surface area (Å²) < 4.78 is 36.2. The Morgan fingerprint density at radius 3 is 1.36 bits per heavy atom. The van der Waals surface area contributed by atoms with Gasteiger partial charge in [0.1, 0.15) is 23.2 Å². The van der Waals surface area contributed by atoms with E-state index in [0.717, 1.165) is 59.1 Å². The van der Waals surface area contributed by atoms with Crippen LogP contribution in [0.2, 0.25) is 0 Å². The van der Waals surface area contributed by atoms with E-state index in [2.05, 4.69) is 15.4 Å². The number of hydrogen-bond donors (Lipinski definition) is 5. The fourth-order valence-electron chi connectivity index (χ4n) is 9.20. The Labute approximate surface area is 382 Å². The summed E-state index contributed by atoms with van der Waals surface area (Å²) in [5, 5.41) is 36.0. The van der Waals surface area contributed by atoms with Crippen molar-refractivity contribution in [3.8, 4) is 22.3 Å². The summed E-state index contributed by atoms with van der Waals surface area (Å²) in [5.41, 5.74) is 5.77. The molecule has 14 heteroatoms. The summed E-state index contributed by atoms with van der Waals surface area (Å²) >= 11 is 0. The second kappa shape index (κ2) is 20.8. The zero-order valence-corrected chi connectivity index (χ0v) is 37.8. The van der Waals surface area contributed by atoms with Crippen LogP contribution in [0.1, 0.15) is 94.4 Å². The third kappa shape index (κ3) is 10.9. The number of ether oxygens (including phenoxy) is 2. The van der Waals surface area contributed by atoms with Crippen molar-refractivity contribution in [1.82, 2.24) is 10.6 Å². The zero-order chi connectivity index (χ0) is 47.9. The van der Waals surface area contributed by atoms with E-state index in [9.17, 15) is 48.1 Å². The van der Waals surface area contributed by atoms with Crippen molar-refractivity contribution in [1.29, 1.82) is 0 Å². The number of rotatable bonds is 7. The minimum Gasteiger partial charge on any atom is -0.509 e. The Hall–Kier alpha value is -6.51. The van der Waals surface area contributed by atoms with Crippen molar-refractivity contribution >= 4 is 40.9 Å². The molecule has 2 amide bonds. The maximum atomic E-state index is 13.3. The zero-order valence-electron chi connectivity index (χ0n) is 37.8. The number of benzene rings is 4. The lowest BCUT2D eigenvalue weighted by molar-refractivity contribution is -0.156. The number of aliphatic hydroxyl groups excluding tert-OH is 3. The van der Waals surface area contributed by atoms with Gasteiger partial charge in [-0.15, -0.1) is 0 Å². The third-order valence-electron chi connectivity index (χ3n) is 12.8. The molecule has 5 N–H and O–H groups in total. The van der Waals surface area contributed by atoms with Crippen molar-refractivity contribution in [3.63, 3.8) is 0 Å². The molecule has 2 fully saturated rings. The highest BCUT2D eigenvalue weighted by atomic mass is 19.1. The Kier molecular flexibility index (Phi) is 15.4. The molecule has 2 spiro atoms. The van der Waals surface area contributed by atoms with Gasteiger partial charge in [-0.25, -0.2) is 8.78 Å². The first kappa shape index (κ1) is 48.9. The quantitative estimate of drug-likeness (QED) is 0.0891. The van der Waals surface area contributed by atoms with Crippen molar-refractivity contribution < 1.29 is 57.5 Å². The van der Waals surface area contributed by atoms with Gasteiger partial charge in [-0.1, -0.05) is 48.5 Å². The number of carbonyl (C=O) groups is 5. The Morgan fingerprint density at radius 1 is 0.591 bits per heavy atom. The van der Waals surface area contributed by atoms with Crippen molar-refractivity contribution in [2.45, 2.75) is 97.1 Å². The molecule has 4 aliphatic rings. The molecule has 66 heavy (non-hydrogen) atoms. The molecule has 348 valence electrons. The van der Waals surface area contributed by atoms with Gasteiger partial charge in [0.2, 0.25) is 0 Å². The van der Waals surface area contributed by atoms with E-state index < -0.39 is 29.0 Å². The van der Waals surface area contributed by atoms with Gasteiger partial charge < -0.3 is 35.4 Å². The second-order valence-corrected chi connectivity index (χ2v) is 17.5. The number of amides is 2. The summed E-state index contributed by atoms with van der Waals surface area (Å²) in [7, 11) is 0. The highest BCUT2D eigenvalue weighted by Gasteiger charge is 2.50. The molecule has 0 radical (unpaired) electrons. The van der Waals surface area contributed by atoms with Crippen LogP contribution < -0.4 is 10.6 Å². The molecule has 0 unspecified atom stereocenters. The first-order valence-electron chi connectivity index (χ1n) is 22.1. The monoisotopic (exact) mass is 906 g/mol. The molecule has 2 heterocycles. The van der Waals surface area contributed by atoms with E-state index in [1.54, 1.807) is 24.3 Å². The highest BCUT2D eigenvalue weighted by molar-refractivity contribution is 6.24. The van der Waals surface area contributed by atoms with E-state index in [4.69, 9.17) is 4.74 Å². The number of esters is 3. The van der Waals surface area contributed by atoms with Crippen molar-refractivity contribution in [2.24, 2.45) is 11.8 Å². The third-order valence-corrected chi connectivity index (χ3v) is 12.8. The summed E-state index contributed by atoms with van der Waals surface area (Å²) in [4.78, 5) is 57.6. The lowest BCUT2D eigenvalue weighted by Crippen LogP contribution is -2.48. The predicted molar refractivity (Wildman–Crippen MR) is 244 cm³/mol. The molecule has 0 bridgehead atoms. The Bertz CT molecular complexity index is 2540. The highest BCUT2D eigenvalue weighted by Crippen LogP contribution is 2.46. The number of aryl methyl sites for hydroxylation is 2. The van der Waals surface area contributed by atoms with Crippen LogP contribution in [0.15, 0.2) is 96.4 Å². The van der Waals surface area contributed by atoms with Crippen molar-refractivity contribution in [3.05, 3.63) is 130 Å². The average molecular weight is 907 g/mol. The first-order valence-corrected chi connectivity index (χ1v) is 22.1. The molecule has 2 aliphatic heterocycles. The van der Waals surface area contributed by atoms with Crippen LogP contribution in [0.5, 0.6) is 0 Å². The molecule has 0 aromatic heterocycles. The molecule has 0 saturated heterocycles. The van der Waals surface area contributed by atoms with E-state index in [-0.39, 0.29) is 54.3 Å². The molecule has 2 saturated carbocycles. The molecule has 8 rings (SSSR count). The van der Waals surface area contributed by atoms with Gasteiger partial charge in [-0.2, -0.15) is 0 Å². The summed E-state index contributed by atoms with van der Waals surface area (Å²) in [5.74, 6) is -1.85. The normalized spacial score (nSPS) is 22.2. The minimum atomic E-state index is -0.734. The fraction of sp³-hybridized carbons (Fsp3) is 0.365. The molecule has 12 nitrogen and oxygen atoms in total. The predicted octanol–water partition coefficient (Wildman–Crippen LogP) is 8.34. The Morgan fingerprint density at radius 2 is 0.970 bits per heavy atom. The first-order chi connectivity index (χ1) is 31.4. The largest absolute Gasteiger partial charge is 0.509 e. The van der Waals surface area contributed by atoms with Crippen LogP contribution in [-0.4, -0.2) is 69.3 Å². The van der Waals surface area contributed by atoms with E-state index >= 15 is 0 Å². The van der Waals surface area contributed by atoms with Gasteiger partial charge in [0.25, 0.3) is 11.8 Å². The van der Waals surface area contributed by atoms with Crippen LogP contribution in [0, 0.1) is 37.3 Å². The smallest absolute Gasteiger partial charge is 0.310 e. The second-order valence-electron chi connectivity index (χ2n) is 17.5. The van der Waals surface area contributed by atoms with Gasteiger partial charge >= 0.3 is 17.9 Å². The summed E-state index contributed by atoms with van der Waals surface area (Å²) in [6, 6.07) is 23.8.